The van der Waals surface area contributed by atoms with Crippen molar-refractivity contribution in [1.82, 2.24) is 5.32 Å². The minimum Gasteiger partial charge on any atom is -0.395 e. The van der Waals surface area contributed by atoms with Gasteiger partial charge in [-0.15, -0.1) is 0 Å². The molecule has 88 valence electrons. The summed E-state index contributed by atoms with van der Waals surface area (Å²) in [6.45, 7) is 3.99. The van der Waals surface area contributed by atoms with Gasteiger partial charge in [0.15, 0.2) is 0 Å². The van der Waals surface area contributed by atoms with Crippen molar-refractivity contribution in [2.45, 2.75) is 19.0 Å². The number of nitrogens with one attached hydrogen (secondary N) is 1. The summed E-state index contributed by atoms with van der Waals surface area (Å²) >= 11 is 6.17. The highest BCUT2D eigenvalue weighted by atomic mass is 35.5. The normalized spacial score (nSPS) is 25.8. The monoisotopic (exact) mass is 240 g/mol. The Hall–Kier alpha value is -0.770. The second kappa shape index (κ2) is 5.04. The smallest absolute Gasteiger partial charge is 0.0639 e. The van der Waals surface area contributed by atoms with Crippen LogP contribution in [-0.4, -0.2) is 36.9 Å². The number of anilines is 1. The Labute approximate surface area is 101 Å². The first-order chi connectivity index (χ1) is 7.70. The van der Waals surface area contributed by atoms with Crippen molar-refractivity contribution in [1.29, 1.82) is 0 Å². The third-order valence-corrected chi connectivity index (χ3v) is 3.19. The maximum absolute atomic E-state index is 9.22. The second-order valence-electron chi connectivity index (χ2n) is 4.30. The lowest BCUT2D eigenvalue weighted by Crippen LogP contribution is -2.57. The molecule has 0 radical (unpaired) electrons. The molecule has 2 rings (SSSR count). The number of benzene rings is 1. The van der Waals surface area contributed by atoms with Crippen molar-refractivity contribution in [2.75, 3.05) is 24.6 Å². The maximum atomic E-state index is 9.22. The lowest BCUT2D eigenvalue weighted by Gasteiger charge is -2.38. The Morgan fingerprint density at radius 2 is 2.19 bits per heavy atom. The van der Waals surface area contributed by atoms with E-state index in [4.69, 9.17) is 11.6 Å². The molecule has 0 saturated carbocycles. The fourth-order valence-corrected chi connectivity index (χ4v) is 2.45. The van der Waals surface area contributed by atoms with E-state index in [1.165, 1.54) is 0 Å². The highest BCUT2D eigenvalue weighted by Crippen LogP contribution is 2.26. The number of rotatable bonds is 2. The Balaban J connectivity index is 2.17. The van der Waals surface area contributed by atoms with E-state index in [-0.39, 0.29) is 12.6 Å². The van der Waals surface area contributed by atoms with Crippen LogP contribution in [0, 0.1) is 0 Å². The largest absolute Gasteiger partial charge is 0.395 e. The van der Waals surface area contributed by atoms with Crippen molar-refractivity contribution < 1.29 is 5.11 Å². The van der Waals surface area contributed by atoms with Crippen LogP contribution in [0.4, 0.5) is 5.69 Å². The summed E-state index contributed by atoms with van der Waals surface area (Å²) < 4.78 is 0. The molecule has 1 heterocycles. The van der Waals surface area contributed by atoms with Gasteiger partial charge in [-0.2, -0.15) is 0 Å². The number of piperazine rings is 1. The highest BCUT2D eigenvalue weighted by Gasteiger charge is 2.24. The van der Waals surface area contributed by atoms with Crippen LogP contribution in [0.3, 0.4) is 0 Å². The molecule has 0 spiro atoms. The molecule has 0 aromatic heterocycles. The number of nitrogens with zero attached hydrogens (tertiary/aromatic N) is 1. The Morgan fingerprint density at radius 3 is 2.88 bits per heavy atom. The van der Waals surface area contributed by atoms with Gasteiger partial charge in [-0.05, 0) is 19.1 Å². The summed E-state index contributed by atoms with van der Waals surface area (Å²) in [6, 6.07) is 8.33. The standard InChI is InChI=1S/C12H17ClN2O/c1-9-6-15(7-10(8-16)14-9)12-5-3-2-4-11(12)13/h2-5,9-10,14,16H,6-8H2,1H3. The molecule has 3 nitrogen and oxygen atoms in total. The predicted molar refractivity (Wildman–Crippen MR) is 67.1 cm³/mol. The number of aliphatic hydroxyl groups is 1. The van der Waals surface area contributed by atoms with Gasteiger partial charge in [0, 0.05) is 25.2 Å². The highest BCUT2D eigenvalue weighted by molar-refractivity contribution is 6.33. The first-order valence-corrected chi connectivity index (χ1v) is 5.95. The molecular formula is C12H17ClN2O. The van der Waals surface area contributed by atoms with Crippen LogP contribution >= 0.6 is 11.6 Å². The Morgan fingerprint density at radius 1 is 1.44 bits per heavy atom. The maximum Gasteiger partial charge on any atom is 0.0639 e. The van der Waals surface area contributed by atoms with Crippen molar-refractivity contribution in [2.24, 2.45) is 0 Å². The van der Waals surface area contributed by atoms with Crippen LogP contribution in [0.2, 0.25) is 5.02 Å². The van der Waals surface area contributed by atoms with Gasteiger partial charge < -0.3 is 15.3 Å². The fourth-order valence-electron chi connectivity index (χ4n) is 2.19. The summed E-state index contributed by atoms with van der Waals surface area (Å²) in [6.07, 6.45) is 0. The van der Waals surface area contributed by atoms with Crippen molar-refractivity contribution >= 4 is 17.3 Å². The fraction of sp³-hybridized carbons (Fsp3) is 0.500. The van der Waals surface area contributed by atoms with E-state index in [2.05, 4.69) is 17.1 Å². The van der Waals surface area contributed by atoms with Crippen LogP contribution < -0.4 is 10.2 Å². The number of hydrogen-bond acceptors (Lipinski definition) is 3. The van der Waals surface area contributed by atoms with Gasteiger partial charge in [0.1, 0.15) is 0 Å². The molecule has 1 aliphatic heterocycles. The van der Waals surface area contributed by atoms with Crippen LogP contribution in [0.5, 0.6) is 0 Å². The molecule has 0 bridgehead atoms. The zero-order valence-electron chi connectivity index (χ0n) is 9.36. The SMILES string of the molecule is CC1CN(c2ccccc2Cl)CC(CO)N1. The molecule has 4 heteroatoms. The van der Waals surface area contributed by atoms with E-state index in [0.717, 1.165) is 23.8 Å². The Bertz CT molecular complexity index is 359. The quantitative estimate of drug-likeness (QED) is 0.823. The summed E-state index contributed by atoms with van der Waals surface area (Å²) in [4.78, 5) is 2.23. The Kier molecular flexibility index (Phi) is 3.69. The molecule has 2 N–H and O–H groups in total. The van der Waals surface area contributed by atoms with Crippen molar-refractivity contribution in [3.05, 3.63) is 29.3 Å². The van der Waals surface area contributed by atoms with E-state index in [0.29, 0.717) is 6.04 Å². The lowest BCUT2D eigenvalue weighted by molar-refractivity contribution is 0.221. The van der Waals surface area contributed by atoms with Crippen molar-refractivity contribution in [3.63, 3.8) is 0 Å². The van der Waals surface area contributed by atoms with Crippen LogP contribution in [0.25, 0.3) is 0 Å². The average molecular weight is 241 g/mol. The van der Waals surface area contributed by atoms with Gasteiger partial charge in [-0.3, -0.25) is 0 Å². The first-order valence-electron chi connectivity index (χ1n) is 5.57. The molecule has 2 atom stereocenters. The predicted octanol–water partition coefficient (Wildman–Crippen LogP) is 1.50. The molecule has 0 aliphatic carbocycles. The van der Waals surface area contributed by atoms with E-state index >= 15 is 0 Å². The van der Waals surface area contributed by atoms with Gasteiger partial charge in [0.05, 0.1) is 17.3 Å². The van der Waals surface area contributed by atoms with Gasteiger partial charge in [-0.1, -0.05) is 23.7 Å². The van der Waals surface area contributed by atoms with Gasteiger partial charge in [0.2, 0.25) is 0 Å². The number of hydrogen-bond donors (Lipinski definition) is 2. The average Bonchev–Trinajstić information content (AvgIpc) is 2.28. The van der Waals surface area contributed by atoms with Gasteiger partial charge in [-0.25, -0.2) is 0 Å². The topological polar surface area (TPSA) is 35.5 Å². The minimum atomic E-state index is 0.125. The molecule has 1 fully saturated rings. The molecule has 2 unspecified atom stereocenters. The third kappa shape index (κ3) is 2.48. The van der Waals surface area contributed by atoms with Gasteiger partial charge >= 0.3 is 0 Å². The summed E-state index contributed by atoms with van der Waals surface area (Å²) in [7, 11) is 0. The molecule has 1 aromatic carbocycles. The van der Waals surface area contributed by atoms with Crippen LogP contribution in [-0.2, 0) is 0 Å². The summed E-state index contributed by atoms with van der Waals surface area (Å²) in [5, 5.41) is 13.3. The molecule has 1 aromatic rings. The third-order valence-electron chi connectivity index (χ3n) is 2.87. The summed E-state index contributed by atoms with van der Waals surface area (Å²) in [5.74, 6) is 0. The van der Waals surface area contributed by atoms with E-state index < -0.39 is 0 Å². The number of para-hydroxylation sites is 1. The lowest BCUT2D eigenvalue weighted by atomic mass is 10.1. The summed E-state index contributed by atoms with van der Waals surface area (Å²) in [5.41, 5.74) is 1.05. The molecule has 1 aliphatic rings. The first kappa shape index (κ1) is 11.7. The van der Waals surface area contributed by atoms with Crippen LogP contribution in [0.15, 0.2) is 24.3 Å². The van der Waals surface area contributed by atoms with E-state index in [1.54, 1.807) is 0 Å². The minimum absolute atomic E-state index is 0.125. The molecule has 1 saturated heterocycles. The zero-order chi connectivity index (χ0) is 11.5. The number of aliphatic hydroxyl groups excluding tert-OH is 1. The zero-order valence-corrected chi connectivity index (χ0v) is 10.1. The molecule has 0 amide bonds. The number of halogens is 1. The van der Waals surface area contributed by atoms with Gasteiger partial charge in [0.25, 0.3) is 0 Å². The second-order valence-corrected chi connectivity index (χ2v) is 4.71. The molecular weight excluding hydrogens is 224 g/mol. The van der Waals surface area contributed by atoms with Crippen molar-refractivity contribution in [3.8, 4) is 0 Å². The van der Waals surface area contributed by atoms with E-state index in [1.807, 2.05) is 24.3 Å². The van der Waals surface area contributed by atoms with E-state index in [9.17, 15) is 5.11 Å². The van der Waals surface area contributed by atoms with Crippen LogP contribution in [0.1, 0.15) is 6.92 Å². The molecule has 16 heavy (non-hydrogen) atoms.